The van der Waals surface area contributed by atoms with Crippen molar-refractivity contribution in [2.45, 2.75) is 32.1 Å². The maximum Gasteiger partial charge on any atom is 0.249 e. The Balaban J connectivity index is 2.52. The van der Waals surface area contributed by atoms with Crippen LogP contribution in [0.5, 0.6) is 0 Å². The Hall–Kier alpha value is -0.380. The SMILES string of the molecule is CC(F)(F)[C@@H]1CCCN(C(=O)CCCl)C1. The average molecular weight is 240 g/mol. The van der Waals surface area contributed by atoms with Gasteiger partial charge in [-0.15, -0.1) is 11.6 Å². The van der Waals surface area contributed by atoms with Gasteiger partial charge in [-0.2, -0.15) is 0 Å². The van der Waals surface area contributed by atoms with Crippen LogP contribution in [0.25, 0.3) is 0 Å². The van der Waals surface area contributed by atoms with E-state index in [1.807, 2.05) is 0 Å². The summed E-state index contributed by atoms with van der Waals surface area (Å²) < 4.78 is 26.1. The van der Waals surface area contributed by atoms with Crippen LogP contribution in [0.15, 0.2) is 0 Å². The predicted molar refractivity (Wildman–Crippen MR) is 55.3 cm³/mol. The summed E-state index contributed by atoms with van der Waals surface area (Å²) in [4.78, 5) is 13.0. The predicted octanol–water partition coefficient (Wildman–Crippen LogP) is 2.51. The van der Waals surface area contributed by atoms with Gasteiger partial charge in [0.05, 0.1) is 0 Å². The maximum absolute atomic E-state index is 13.1. The summed E-state index contributed by atoms with van der Waals surface area (Å²) in [6.07, 6.45) is 1.39. The second kappa shape index (κ2) is 5.10. The third-order valence-electron chi connectivity index (χ3n) is 2.80. The second-order valence-corrected chi connectivity index (χ2v) is 4.45. The minimum Gasteiger partial charge on any atom is -0.342 e. The molecule has 2 nitrogen and oxygen atoms in total. The lowest BCUT2D eigenvalue weighted by molar-refractivity contribution is -0.136. The summed E-state index contributed by atoms with van der Waals surface area (Å²) in [7, 11) is 0. The molecule has 15 heavy (non-hydrogen) atoms. The molecule has 0 N–H and O–H groups in total. The van der Waals surface area contributed by atoms with Crippen molar-refractivity contribution in [3.8, 4) is 0 Å². The molecular weight excluding hydrogens is 224 g/mol. The molecule has 0 saturated carbocycles. The van der Waals surface area contributed by atoms with E-state index in [2.05, 4.69) is 0 Å². The van der Waals surface area contributed by atoms with E-state index >= 15 is 0 Å². The fraction of sp³-hybridized carbons (Fsp3) is 0.900. The standard InChI is InChI=1S/C10H16ClF2NO/c1-10(12,13)8-3-2-6-14(7-8)9(15)4-5-11/h8H,2-7H2,1H3/t8-/m1/s1. The van der Waals surface area contributed by atoms with Crippen molar-refractivity contribution in [1.82, 2.24) is 4.90 Å². The lowest BCUT2D eigenvalue weighted by atomic mass is 9.92. The van der Waals surface area contributed by atoms with Gasteiger partial charge in [0.25, 0.3) is 0 Å². The number of amides is 1. The Kier molecular flexibility index (Phi) is 4.32. The van der Waals surface area contributed by atoms with Crippen molar-refractivity contribution in [3.63, 3.8) is 0 Å². The Morgan fingerprint density at radius 1 is 1.60 bits per heavy atom. The zero-order valence-electron chi connectivity index (χ0n) is 8.81. The van der Waals surface area contributed by atoms with Gasteiger partial charge >= 0.3 is 0 Å². The van der Waals surface area contributed by atoms with E-state index in [1.54, 1.807) is 0 Å². The van der Waals surface area contributed by atoms with Crippen LogP contribution in [0.2, 0.25) is 0 Å². The lowest BCUT2D eigenvalue weighted by Crippen LogP contribution is -2.45. The highest BCUT2D eigenvalue weighted by molar-refractivity contribution is 6.18. The Morgan fingerprint density at radius 3 is 2.80 bits per heavy atom. The van der Waals surface area contributed by atoms with Crippen molar-refractivity contribution in [3.05, 3.63) is 0 Å². The molecule has 0 aromatic heterocycles. The number of nitrogens with zero attached hydrogens (tertiary/aromatic N) is 1. The van der Waals surface area contributed by atoms with Gasteiger partial charge in [-0.1, -0.05) is 0 Å². The zero-order chi connectivity index (χ0) is 11.5. The summed E-state index contributed by atoms with van der Waals surface area (Å²) in [5.74, 6) is -3.26. The largest absolute Gasteiger partial charge is 0.342 e. The number of hydrogen-bond acceptors (Lipinski definition) is 1. The molecule has 1 saturated heterocycles. The van der Waals surface area contributed by atoms with E-state index in [9.17, 15) is 13.6 Å². The van der Waals surface area contributed by atoms with E-state index in [0.29, 0.717) is 19.4 Å². The monoisotopic (exact) mass is 239 g/mol. The molecule has 0 bridgehead atoms. The molecule has 1 fully saturated rings. The van der Waals surface area contributed by atoms with Gasteiger partial charge in [-0.25, -0.2) is 8.78 Å². The van der Waals surface area contributed by atoms with Gasteiger partial charge in [0.15, 0.2) is 0 Å². The first-order valence-corrected chi connectivity index (χ1v) is 5.70. The summed E-state index contributed by atoms with van der Waals surface area (Å²) in [6.45, 7) is 1.68. The minimum atomic E-state index is -2.69. The molecule has 0 aliphatic carbocycles. The number of carbonyl (C=O) groups excluding carboxylic acids is 1. The molecule has 0 aromatic rings. The summed E-state index contributed by atoms with van der Waals surface area (Å²) in [6, 6.07) is 0. The average Bonchev–Trinajstić information content (AvgIpc) is 2.17. The molecule has 0 radical (unpaired) electrons. The first-order valence-electron chi connectivity index (χ1n) is 5.16. The van der Waals surface area contributed by atoms with Crippen LogP contribution in [-0.2, 0) is 4.79 Å². The fourth-order valence-corrected chi connectivity index (χ4v) is 2.02. The summed E-state index contributed by atoms with van der Waals surface area (Å²) in [5, 5.41) is 0. The van der Waals surface area contributed by atoms with E-state index in [0.717, 1.165) is 6.92 Å². The first-order chi connectivity index (χ1) is 6.95. The quantitative estimate of drug-likeness (QED) is 0.693. The third kappa shape index (κ3) is 3.59. The van der Waals surface area contributed by atoms with Gasteiger partial charge in [0.2, 0.25) is 11.8 Å². The highest BCUT2D eigenvalue weighted by atomic mass is 35.5. The van der Waals surface area contributed by atoms with Crippen molar-refractivity contribution in [2.75, 3.05) is 19.0 Å². The van der Waals surface area contributed by atoms with Crippen molar-refractivity contribution in [1.29, 1.82) is 0 Å². The molecule has 1 heterocycles. The highest BCUT2D eigenvalue weighted by Gasteiger charge is 2.37. The number of piperidine rings is 1. The number of halogens is 3. The smallest absolute Gasteiger partial charge is 0.249 e. The Labute approximate surface area is 93.6 Å². The van der Waals surface area contributed by atoms with Crippen LogP contribution < -0.4 is 0 Å². The van der Waals surface area contributed by atoms with E-state index in [-0.39, 0.29) is 24.8 Å². The van der Waals surface area contributed by atoms with Gasteiger partial charge in [-0.05, 0) is 19.8 Å². The molecule has 0 unspecified atom stereocenters. The molecule has 1 amide bonds. The molecule has 1 aliphatic rings. The Morgan fingerprint density at radius 2 is 2.27 bits per heavy atom. The van der Waals surface area contributed by atoms with E-state index < -0.39 is 11.8 Å². The zero-order valence-corrected chi connectivity index (χ0v) is 9.57. The van der Waals surface area contributed by atoms with Crippen molar-refractivity contribution < 1.29 is 13.6 Å². The molecule has 1 rings (SSSR count). The molecule has 1 aliphatic heterocycles. The minimum absolute atomic E-state index is 0.112. The third-order valence-corrected chi connectivity index (χ3v) is 2.99. The summed E-state index contributed by atoms with van der Waals surface area (Å²) >= 11 is 5.45. The molecule has 88 valence electrons. The second-order valence-electron chi connectivity index (χ2n) is 4.07. The van der Waals surface area contributed by atoms with Crippen LogP contribution in [-0.4, -0.2) is 35.7 Å². The first kappa shape index (κ1) is 12.7. The highest BCUT2D eigenvalue weighted by Crippen LogP contribution is 2.31. The molecule has 0 aromatic carbocycles. The van der Waals surface area contributed by atoms with Crippen LogP contribution in [0.1, 0.15) is 26.2 Å². The Bertz CT molecular complexity index is 230. The molecule has 5 heteroatoms. The van der Waals surface area contributed by atoms with Gasteiger partial charge in [-0.3, -0.25) is 4.79 Å². The van der Waals surface area contributed by atoms with Crippen LogP contribution >= 0.6 is 11.6 Å². The number of alkyl halides is 3. The van der Waals surface area contributed by atoms with Crippen molar-refractivity contribution >= 4 is 17.5 Å². The molecular formula is C10H16ClF2NO. The van der Waals surface area contributed by atoms with Crippen LogP contribution in [0, 0.1) is 5.92 Å². The number of hydrogen-bond donors (Lipinski definition) is 0. The van der Waals surface area contributed by atoms with E-state index in [4.69, 9.17) is 11.6 Å². The van der Waals surface area contributed by atoms with Crippen molar-refractivity contribution in [2.24, 2.45) is 5.92 Å². The maximum atomic E-state index is 13.1. The van der Waals surface area contributed by atoms with Crippen LogP contribution in [0.4, 0.5) is 8.78 Å². The lowest BCUT2D eigenvalue weighted by Gasteiger charge is -2.35. The van der Waals surface area contributed by atoms with Gasteiger partial charge in [0, 0.05) is 31.3 Å². The van der Waals surface area contributed by atoms with Gasteiger partial charge < -0.3 is 4.90 Å². The number of likely N-dealkylation sites (tertiary alicyclic amines) is 1. The molecule has 1 atom stereocenters. The van der Waals surface area contributed by atoms with Gasteiger partial charge in [0.1, 0.15) is 0 Å². The summed E-state index contributed by atoms with van der Waals surface area (Å²) in [5.41, 5.74) is 0. The number of rotatable bonds is 3. The number of carbonyl (C=O) groups is 1. The van der Waals surface area contributed by atoms with Crippen LogP contribution in [0.3, 0.4) is 0 Å². The fourth-order valence-electron chi connectivity index (χ4n) is 1.86. The topological polar surface area (TPSA) is 20.3 Å². The normalized spacial score (nSPS) is 22.9. The van der Waals surface area contributed by atoms with E-state index in [1.165, 1.54) is 4.90 Å². The molecule has 0 spiro atoms.